The standard InChI is InChI=1S/C5H2Br2N2O3/c6-3-2-8(10)5(7)1-4(3)9(11)12/h1-2H. The molecule has 7 heteroatoms. The van der Waals surface area contributed by atoms with Crippen LogP contribution in [0.3, 0.4) is 0 Å². The summed E-state index contributed by atoms with van der Waals surface area (Å²) in [6.45, 7) is 0. The van der Waals surface area contributed by atoms with Crippen molar-refractivity contribution < 1.29 is 9.65 Å². The molecule has 5 nitrogen and oxygen atoms in total. The summed E-state index contributed by atoms with van der Waals surface area (Å²) in [5, 5.41) is 21.2. The van der Waals surface area contributed by atoms with Gasteiger partial charge in [-0.05, 0) is 15.9 Å². The molecular weight excluding hydrogens is 296 g/mol. The molecule has 1 rings (SSSR count). The molecule has 0 aromatic carbocycles. The van der Waals surface area contributed by atoms with Crippen LogP contribution in [0.15, 0.2) is 21.3 Å². The second-order valence-corrected chi connectivity index (χ2v) is 3.58. The minimum atomic E-state index is -0.575. The van der Waals surface area contributed by atoms with E-state index in [0.29, 0.717) is 4.73 Å². The van der Waals surface area contributed by atoms with Crippen molar-refractivity contribution in [3.63, 3.8) is 0 Å². The second kappa shape index (κ2) is 3.36. The molecule has 0 spiro atoms. The van der Waals surface area contributed by atoms with E-state index in [4.69, 9.17) is 0 Å². The summed E-state index contributed by atoms with van der Waals surface area (Å²) in [4.78, 5) is 9.75. The van der Waals surface area contributed by atoms with Gasteiger partial charge in [-0.2, -0.15) is 4.73 Å². The van der Waals surface area contributed by atoms with Crippen LogP contribution in [0.1, 0.15) is 0 Å². The number of rotatable bonds is 1. The van der Waals surface area contributed by atoms with E-state index in [1.54, 1.807) is 0 Å². The van der Waals surface area contributed by atoms with Gasteiger partial charge < -0.3 is 5.21 Å². The first-order chi connectivity index (χ1) is 5.52. The highest BCUT2D eigenvalue weighted by atomic mass is 79.9. The summed E-state index contributed by atoms with van der Waals surface area (Å²) in [7, 11) is 0. The molecule has 0 aliphatic rings. The molecular formula is C5H2Br2N2O3. The van der Waals surface area contributed by atoms with Crippen molar-refractivity contribution >= 4 is 37.5 Å². The van der Waals surface area contributed by atoms with Crippen molar-refractivity contribution in [2.75, 3.05) is 0 Å². The fourth-order valence-corrected chi connectivity index (χ4v) is 1.38. The summed E-state index contributed by atoms with van der Waals surface area (Å²) in [6.07, 6.45) is 1.07. The highest BCUT2D eigenvalue weighted by molar-refractivity contribution is 9.11. The van der Waals surface area contributed by atoms with Crippen LogP contribution < -0.4 is 4.73 Å². The van der Waals surface area contributed by atoms with Gasteiger partial charge in [0, 0.05) is 15.9 Å². The maximum atomic E-state index is 10.8. The Morgan fingerprint density at radius 2 is 2.08 bits per heavy atom. The molecule has 1 aromatic heterocycles. The van der Waals surface area contributed by atoms with Crippen molar-refractivity contribution in [1.82, 2.24) is 0 Å². The van der Waals surface area contributed by atoms with E-state index in [9.17, 15) is 15.3 Å². The SMILES string of the molecule is O=[N+]([O-])c1cc(Br)[n+]([O-])cc1Br. The van der Waals surface area contributed by atoms with Gasteiger partial charge in [-0.1, -0.05) is 0 Å². The number of nitrogens with zero attached hydrogens (tertiary/aromatic N) is 2. The average Bonchev–Trinajstić information content (AvgIpc) is 1.96. The van der Waals surface area contributed by atoms with Gasteiger partial charge in [0.25, 0.3) is 10.3 Å². The molecule has 0 fully saturated rings. The number of halogens is 2. The highest BCUT2D eigenvalue weighted by Crippen LogP contribution is 2.24. The Morgan fingerprint density at radius 1 is 1.50 bits per heavy atom. The average molecular weight is 298 g/mol. The molecule has 0 unspecified atom stereocenters. The number of nitro groups is 1. The molecule has 0 bridgehead atoms. The third-order valence-corrected chi connectivity index (χ3v) is 2.33. The third-order valence-electron chi connectivity index (χ3n) is 1.14. The fourth-order valence-electron chi connectivity index (χ4n) is 0.616. The van der Waals surface area contributed by atoms with E-state index >= 15 is 0 Å². The molecule has 1 aromatic rings. The lowest BCUT2D eigenvalue weighted by atomic mass is 10.4. The predicted molar refractivity (Wildman–Crippen MR) is 47.5 cm³/mol. The van der Waals surface area contributed by atoms with E-state index < -0.39 is 4.92 Å². The topological polar surface area (TPSA) is 70.1 Å². The van der Waals surface area contributed by atoms with E-state index in [1.165, 1.54) is 0 Å². The van der Waals surface area contributed by atoms with Gasteiger partial charge in [-0.3, -0.25) is 10.1 Å². The molecule has 0 saturated heterocycles. The van der Waals surface area contributed by atoms with Crippen molar-refractivity contribution in [2.45, 2.75) is 0 Å². The zero-order valence-corrected chi connectivity index (χ0v) is 8.70. The third kappa shape index (κ3) is 1.72. The van der Waals surface area contributed by atoms with Crippen molar-refractivity contribution in [2.24, 2.45) is 0 Å². The minimum absolute atomic E-state index is 0.109. The first-order valence-electron chi connectivity index (χ1n) is 2.75. The van der Waals surface area contributed by atoms with E-state index in [1.807, 2.05) is 0 Å². The molecule has 0 aliphatic heterocycles. The molecule has 0 amide bonds. The maximum absolute atomic E-state index is 10.8. The molecule has 0 atom stereocenters. The van der Waals surface area contributed by atoms with Crippen molar-refractivity contribution in [3.8, 4) is 0 Å². The van der Waals surface area contributed by atoms with Crippen LogP contribution in [0.4, 0.5) is 5.69 Å². The lowest BCUT2D eigenvalue weighted by Gasteiger charge is -1.98. The molecule has 0 aliphatic carbocycles. The Balaban J connectivity index is 3.33. The largest absolute Gasteiger partial charge is 0.618 e. The van der Waals surface area contributed by atoms with Crippen LogP contribution >= 0.6 is 31.9 Å². The highest BCUT2D eigenvalue weighted by Gasteiger charge is 2.17. The van der Waals surface area contributed by atoms with Gasteiger partial charge in [0.15, 0.2) is 4.47 Å². The zero-order valence-electron chi connectivity index (χ0n) is 5.53. The Bertz CT molecular complexity index is 342. The van der Waals surface area contributed by atoms with Crippen LogP contribution in [-0.4, -0.2) is 4.92 Å². The Labute approximate surface area is 84.0 Å². The molecule has 0 radical (unpaired) electrons. The van der Waals surface area contributed by atoms with Crippen LogP contribution in [0.2, 0.25) is 0 Å². The van der Waals surface area contributed by atoms with Gasteiger partial charge in [0.2, 0.25) is 6.20 Å². The van der Waals surface area contributed by atoms with Crippen molar-refractivity contribution in [3.05, 3.63) is 36.7 Å². The van der Waals surface area contributed by atoms with Crippen LogP contribution in [-0.2, 0) is 0 Å². The van der Waals surface area contributed by atoms with E-state index in [2.05, 4.69) is 31.9 Å². The zero-order chi connectivity index (χ0) is 9.30. The van der Waals surface area contributed by atoms with Gasteiger partial charge in [0.05, 0.1) is 11.0 Å². The van der Waals surface area contributed by atoms with Gasteiger partial charge in [-0.25, -0.2) is 0 Å². The summed E-state index contributed by atoms with van der Waals surface area (Å²) in [6, 6.07) is 1.14. The van der Waals surface area contributed by atoms with E-state index in [-0.39, 0.29) is 14.8 Å². The normalized spacial score (nSPS) is 9.83. The van der Waals surface area contributed by atoms with E-state index in [0.717, 1.165) is 12.3 Å². The Hall–Kier alpha value is -0.690. The lowest BCUT2D eigenvalue weighted by Crippen LogP contribution is -2.27. The first-order valence-corrected chi connectivity index (χ1v) is 4.33. The minimum Gasteiger partial charge on any atom is -0.618 e. The van der Waals surface area contributed by atoms with Gasteiger partial charge >= 0.3 is 0 Å². The first kappa shape index (κ1) is 9.40. The van der Waals surface area contributed by atoms with Crippen LogP contribution in [0, 0.1) is 15.3 Å². The fraction of sp³-hybridized carbons (Fsp3) is 0. The maximum Gasteiger partial charge on any atom is 0.296 e. The number of hydrogen-bond donors (Lipinski definition) is 0. The molecule has 12 heavy (non-hydrogen) atoms. The smallest absolute Gasteiger partial charge is 0.296 e. The number of aromatic nitrogens is 1. The molecule has 1 heterocycles. The quantitative estimate of drug-likeness (QED) is 0.261. The summed E-state index contributed by atoms with van der Waals surface area (Å²) < 4.78 is 0.750. The van der Waals surface area contributed by atoms with Gasteiger partial charge in [-0.15, -0.1) is 0 Å². The Morgan fingerprint density at radius 3 is 2.58 bits per heavy atom. The van der Waals surface area contributed by atoms with Crippen LogP contribution in [0.5, 0.6) is 0 Å². The molecule has 0 saturated carbocycles. The number of hydrogen-bond acceptors (Lipinski definition) is 3. The Kier molecular flexibility index (Phi) is 2.63. The van der Waals surface area contributed by atoms with Crippen LogP contribution in [0.25, 0.3) is 0 Å². The van der Waals surface area contributed by atoms with Crippen molar-refractivity contribution in [1.29, 1.82) is 0 Å². The molecule has 64 valence electrons. The summed E-state index contributed by atoms with van der Waals surface area (Å²) in [5.41, 5.74) is -0.144. The summed E-state index contributed by atoms with van der Waals surface area (Å²) in [5.74, 6) is 0. The molecule has 0 N–H and O–H groups in total. The monoisotopic (exact) mass is 296 g/mol. The van der Waals surface area contributed by atoms with Gasteiger partial charge in [0.1, 0.15) is 0 Å². The summed E-state index contributed by atoms with van der Waals surface area (Å²) >= 11 is 5.77. The predicted octanol–water partition coefficient (Wildman–Crippen LogP) is 1.75. The number of pyridine rings is 1. The second-order valence-electron chi connectivity index (χ2n) is 1.91. The lowest BCUT2D eigenvalue weighted by molar-refractivity contribution is -0.618.